The highest BCUT2D eigenvalue weighted by Crippen LogP contribution is 2.39. The fraction of sp³-hybridized carbons (Fsp3) is 0.211. The summed E-state index contributed by atoms with van der Waals surface area (Å²) in [6, 6.07) is 25.7. The average molecular weight is 848 g/mol. The molecular weight excluding hydrogens is 811 g/mol. The van der Waals surface area contributed by atoms with Crippen LogP contribution in [0.25, 0.3) is 21.8 Å². The first-order valence-corrected chi connectivity index (χ1v) is 21.2. The van der Waals surface area contributed by atoms with E-state index in [1.165, 1.54) is 14.2 Å². The zero-order chi connectivity index (χ0) is 40.5. The zero-order valence-electron chi connectivity index (χ0n) is 30.4. The first kappa shape index (κ1) is 41.4. The molecule has 55 heavy (non-hydrogen) atoms. The van der Waals surface area contributed by atoms with Crippen LogP contribution in [0.5, 0.6) is 0 Å². The van der Waals surface area contributed by atoms with Crippen molar-refractivity contribution in [1.29, 1.82) is 0 Å². The van der Waals surface area contributed by atoms with Crippen LogP contribution in [0.4, 0.5) is 11.4 Å². The molecule has 17 heteroatoms. The van der Waals surface area contributed by atoms with E-state index in [0.29, 0.717) is 59.4 Å². The van der Waals surface area contributed by atoms with Crippen LogP contribution in [0, 0.1) is 0 Å². The Kier molecular flexibility index (Phi) is 11.9. The zero-order valence-corrected chi connectivity index (χ0v) is 34.3. The van der Waals surface area contributed by atoms with Gasteiger partial charge >= 0.3 is 11.9 Å². The normalized spacial score (nSPS) is 13.9. The summed E-state index contributed by atoms with van der Waals surface area (Å²) in [6.45, 7) is 3.43. The van der Waals surface area contributed by atoms with E-state index in [1.54, 1.807) is 120 Å². The smallest absolute Gasteiger partial charge is 0.336 e. The van der Waals surface area contributed by atoms with Gasteiger partial charge < -0.3 is 18.6 Å². The van der Waals surface area contributed by atoms with Gasteiger partial charge in [0, 0.05) is 43.8 Å². The minimum Gasteiger partial charge on any atom is -0.467 e. The number of anilines is 2. The Morgan fingerprint density at radius 1 is 0.618 bits per heavy atom. The van der Waals surface area contributed by atoms with Crippen LogP contribution in [0.3, 0.4) is 0 Å². The van der Waals surface area contributed by atoms with E-state index in [1.807, 2.05) is 6.07 Å². The van der Waals surface area contributed by atoms with E-state index < -0.39 is 43.1 Å². The van der Waals surface area contributed by atoms with Gasteiger partial charge in [-0.3, -0.25) is 9.44 Å². The van der Waals surface area contributed by atoms with Gasteiger partial charge in [0.15, 0.2) is 11.1 Å². The number of benzene rings is 4. The summed E-state index contributed by atoms with van der Waals surface area (Å²) in [5.41, 5.74) is 0.901. The number of methoxy groups -OCH3 is 2. The van der Waals surface area contributed by atoms with Crippen molar-refractivity contribution in [2.24, 2.45) is 0 Å². The molecule has 0 aliphatic rings. The summed E-state index contributed by atoms with van der Waals surface area (Å²) in [7, 11) is -4.27. The predicted molar refractivity (Wildman–Crippen MR) is 218 cm³/mol. The summed E-state index contributed by atoms with van der Waals surface area (Å²) in [5.74, 6) is -0.987. The molecule has 6 aromatic rings. The number of esters is 2. The first-order valence-electron chi connectivity index (χ1n) is 16.3. The molecule has 2 N–H and O–H groups in total. The molecule has 0 amide bonds. The molecular formula is C38H37Cl3N4O8S2. The van der Waals surface area contributed by atoms with Crippen molar-refractivity contribution in [2.75, 3.05) is 36.2 Å². The summed E-state index contributed by atoms with van der Waals surface area (Å²) in [5, 5.41) is 2.62. The molecule has 2 heterocycles. The quantitative estimate of drug-likeness (QED) is 0.132. The monoisotopic (exact) mass is 846 g/mol. The number of carbonyl (C=O) groups excluding carboxylic acids is 2. The largest absolute Gasteiger partial charge is 0.467 e. The van der Waals surface area contributed by atoms with Gasteiger partial charge in [-0.1, -0.05) is 65.1 Å². The van der Waals surface area contributed by atoms with Crippen LogP contribution >= 0.6 is 34.8 Å². The number of hydrogen-bond acceptors (Lipinski definition) is 8. The molecule has 6 rings (SSSR count). The molecule has 0 radical (unpaired) electrons. The van der Waals surface area contributed by atoms with Gasteiger partial charge in [0.25, 0.3) is 0 Å². The highest BCUT2D eigenvalue weighted by molar-refractivity contribution is 7.92. The number of rotatable bonds is 10. The van der Waals surface area contributed by atoms with E-state index in [4.69, 9.17) is 44.3 Å². The van der Waals surface area contributed by atoms with E-state index in [2.05, 4.69) is 9.44 Å². The molecule has 0 spiro atoms. The van der Waals surface area contributed by atoms with Crippen molar-refractivity contribution in [3.05, 3.63) is 130 Å². The van der Waals surface area contributed by atoms with Crippen LogP contribution in [0.15, 0.2) is 103 Å². The number of carbonyl (C=O) groups is 2. The van der Waals surface area contributed by atoms with Crippen molar-refractivity contribution in [3.8, 4) is 0 Å². The van der Waals surface area contributed by atoms with E-state index in [-0.39, 0.29) is 0 Å². The predicted octanol–water partition coefficient (Wildman–Crippen LogP) is 7.86. The van der Waals surface area contributed by atoms with Crippen molar-refractivity contribution >= 4 is 100.0 Å². The number of nitrogens with one attached hydrogen (secondary N) is 2. The maximum absolute atomic E-state index is 12.9. The fourth-order valence-corrected chi connectivity index (χ4v) is 8.32. The third-order valence-corrected chi connectivity index (χ3v) is 11.0. The van der Waals surface area contributed by atoms with Crippen LogP contribution < -0.4 is 9.44 Å². The van der Waals surface area contributed by atoms with Gasteiger partial charge in [0.05, 0.1) is 49.1 Å². The Morgan fingerprint density at radius 2 is 1.05 bits per heavy atom. The second-order valence-electron chi connectivity index (χ2n) is 12.9. The molecule has 2 unspecified atom stereocenters. The number of nitrogens with zero attached hydrogens (tertiary/aromatic N) is 2. The lowest BCUT2D eigenvalue weighted by atomic mass is 9.91. The maximum atomic E-state index is 12.9. The van der Waals surface area contributed by atoms with Crippen LogP contribution in [0.2, 0.25) is 15.1 Å². The Morgan fingerprint density at radius 3 is 1.49 bits per heavy atom. The number of ether oxygens (including phenoxy) is 2. The molecule has 2 atom stereocenters. The van der Waals surface area contributed by atoms with Crippen molar-refractivity contribution in [3.63, 3.8) is 0 Å². The lowest BCUT2D eigenvalue weighted by Crippen LogP contribution is -2.41. The SMILES string of the molecule is COC(=O)C(C)(c1ccc(Cl)cc1)n1ccc2c(NS(C)(=O)=O)cccc21.COC(=O)C(C)(c1ccc(Cl)cc1Cl)n1ccc2c(NS(C)(=O)=O)cccc21. The Bertz CT molecular complexity index is 2650. The summed E-state index contributed by atoms with van der Waals surface area (Å²) < 4.78 is 65.3. The Labute approximate surface area is 334 Å². The molecule has 12 nitrogen and oxygen atoms in total. The molecule has 4 aromatic carbocycles. The standard InChI is InChI=1S/C19H18Cl2N2O4S.C19H19ClN2O4S/c1-19(18(24)27-2,14-8-7-12(20)11-15(14)21)23-10-9-13-16(22-28(3,25)26)5-4-6-17(13)23;1-19(18(23)26-2,13-7-9-14(20)10-8-13)22-12-11-15-16(21-27(3,24)25)5-4-6-17(15)22/h4-11,22H,1-3H3;4-12,21H,1-3H3. The van der Waals surface area contributed by atoms with Crippen molar-refractivity contribution in [1.82, 2.24) is 9.13 Å². The van der Waals surface area contributed by atoms with Gasteiger partial charge in [-0.25, -0.2) is 26.4 Å². The second kappa shape index (κ2) is 15.8. The molecule has 0 bridgehead atoms. The summed E-state index contributed by atoms with van der Waals surface area (Å²) in [4.78, 5) is 25.7. The van der Waals surface area contributed by atoms with E-state index in [9.17, 15) is 26.4 Å². The highest BCUT2D eigenvalue weighted by atomic mass is 35.5. The molecule has 0 aliphatic carbocycles. The number of hydrogen-bond donors (Lipinski definition) is 2. The number of halogens is 3. The minimum atomic E-state index is -3.47. The van der Waals surface area contributed by atoms with Crippen LogP contribution in [0.1, 0.15) is 25.0 Å². The summed E-state index contributed by atoms with van der Waals surface area (Å²) >= 11 is 18.4. The van der Waals surface area contributed by atoms with Gasteiger partial charge in [-0.2, -0.15) is 0 Å². The molecule has 0 saturated carbocycles. The highest BCUT2D eigenvalue weighted by Gasteiger charge is 2.41. The fourth-order valence-electron chi connectivity index (χ4n) is 6.44. The molecule has 290 valence electrons. The molecule has 0 saturated heterocycles. The third-order valence-electron chi connectivity index (χ3n) is 9.05. The van der Waals surface area contributed by atoms with Gasteiger partial charge in [-0.05, 0) is 80.1 Å². The van der Waals surface area contributed by atoms with Crippen molar-refractivity contribution < 1.29 is 35.9 Å². The summed E-state index contributed by atoms with van der Waals surface area (Å²) in [6.07, 6.45) is 5.60. The van der Waals surface area contributed by atoms with Crippen molar-refractivity contribution in [2.45, 2.75) is 24.9 Å². The number of aromatic nitrogens is 2. The lowest BCUT2D eigenvalue weighted by Gasteiger charge is -2.31. The van der Waals surface area contributed by atoms with Crippen LogP contribution in [-0.2, 0) is 50.2 Å². The lowest BCUT2D eigenvalue weighted by molar-refractivity contribution is -0.148. The number of fused-ring (bicyclic) bond motifs is 2. The van der Waals surface area contributed by atoms with Gasteiger partial charge in [0.1, 0.15) is 0 Å². The number of sulfonamides is 2. The average Bonchev–Trinajstić information content (AvgIpc) is 3.76. The maximum Gasteiger partial charge on any atom is 0.336 e. The molecule has 2 aromatic heterocycles. The first-order chi connectivity index (χ1) is 25.7. The topological polar surface area (TPSA) is 155 Å². The third kappa shape index (κ3) is 8.43. The Balaban J connectivity index is 0.000000211. The molecule has 0 fully saturated rings. The Hall–Kier alpha value is -4.73. The van der Waals surface area contributed by atoms with E-state index in [0.717, 1.165) is 12.5 Å². The van der Waals surface area contributed by atoms with Gasteiger partial charge in [0.2, 0.25) is 20.0 Å². The second-order valence-corrected chi connectivity index (χ2v) is 17.6. The minimum absolute atomic E-state index is 0.313. The van der Waals surface area contributed by atoms with E-state index >= 15 is 0 Å². The van der Waals surface area contributed by atoms with Crippen LogP contribution in [-0.4, -0.2) is 64.6 Å². The van der Waals surface area contributed by atoms with Gasteiger partial charge in [-0.15, -0.1) is 0 Å². The molecule has 0 aliphatic heterocycles.